The van der Waals surface area contributed by atoms with Gasteiger partial charge in [-0.2, -0.15) is 0 Å². The quantitative estimate of drug-likeness (QED) is 0.485. The molecule has 3 rings (SSSR count). The lowest BCUT2D eigenvalue weighted by atomic mass is 10.1. The minimum absolute atomic E-state index is 0.101. The van der Waals surface area contributed by atoms with Crippen molar-refractivity contribution in [1.82, 2.24) is 0 Å². The molecule has 0 spiro atoms. The van der Waals surface area contributed by atoms with E-state index in [2.05, 4.69) is 24.4 Å². The van der Waals surface area contributed by atoms with Gasteiger partial charge in [-0.15, -0.1) is 11.3 Å². The van der Waals surface area contributed by atoms with Crippen LogP contribution in [0.5, 0.6) is 5.75 Å². The number of fused-ring (bicyclic) bond motifs is 1. The number of hydrogen-bond donors (Lipinski definition) is 1. The number of anilines is 1. The van der Waals surface area contributed by atoms with Crippen molar-refractivity contribution in [2.75, 3.05) is 18.5 Å². The Kier molecular flexibility index (Phi) is 7.09. The molecule has 1 aromatic carbocycles. The summed E-state index contributed by atoms with van der Waals surface area (Å²) >= 11 is 1.51. The van der Waals surface area contributed by atoms with Gasteiger partial charge in [0.25, 0.3) is 0 Å². The van der Waals surface area contributed by atoms with Gasteiger partial charge >= 0.3 is 5.97 Å². The number of carbonyl (C=O) groups excluding carboxylic acids is 2. The number of hydrogen-bond acceptors (Lipinski definition) is 5. The third kappa shape index (κ3) is 4.93. The Morgan fingerprint density at radius 3 is 2.64 bits per heavy atom. The van der Waals surface area contributed by atoms with Crippen LogP contribution in [0.1, 0.15) is 59.5 Å². The first-order chi connectivity index (χ1) is 13.6. The largest absolute Gasteiger partial charge is 0.494 e. The van der Waals surface area contributed by atoms with E-state index in [-0.39, 0.29) is 11.9 Å². The summed E-state index contributed by atoms with van der Waals surface area (Å²) in [7, 11) is 0. The van der Waals surface area contributed by atoms with Gasteiger partial charge in [-0.3, -0.25) is 4.79 Å². The molecule has 150 valence electrons. The summed E-state index contributed by atoms with van der Waals surface area (Å²) in [5, 5.41) is 3.55. The minimum atomic E-state index is -0.337. The van der Waals surface area contributed by atoms with Crippen LogP contribution in [0.25, 0.3) is 0 Å². The highest BCUT2D eigenvalue weighted by Gasteiger charge is 2.28. The van der Waals surface area contributed by atoms with Crippen molar-refractivity contribution in [1.29, 1.82) is 0 Å². The second-order valence-electron chi connectivity index (χ2n) is 6.78. The number of amides is 1. The smallest absolute Gasteiger partial charge is 0.341 e. The predicted octanol–water partition coefficient (Wildman–Crippen LogP) is 4.77. The molecule has 0 saturated carbocycles. The van der Waals surface area contributed by atoms with Crippen LogP contribution in [-0.2, 0) is 28.8 Å². The third-order valence-electron chi connectivity index (χ3n) is 4.80. The minimum Gasteiger partial charge on any atom is -0.494 e. The van der Waals surface area contributed by atoms with Gasteiger partial charge < -0.3 is 14.8 Å². The number of ether oxygens (including phenoxy) is 2. The van der Waals surface area contributed by atoms with Gasteiger partial charge in [-0.05, 0) is 62.3 Å². The first-order valence-corrected chi connectivity index (χ1v) is 10.8. The van der Waals surface area contributed by atoms with E-state index in [1.807, 2.05) is 12.1 Å². The van der Waals surface area contributed by atoms with E-state index in [1.165, 1.54) is 21.8 Å². The normalized spacial score (nSPS) is 12.5. The number of rotatable bonds is 9. The molecular weight excluding hydrogens is 374 g/mol. The van der Waals surface area contributed by atoms with Crippen LogP contribution < -0.4 is 10.1 Å². The topological polar surface area (TPSA) is 64.6 Å². The molecule has 0 atom stereocenters. The highest BCUT2D eigenvalue weighted by atomic mass is 32.1. The van der Waals surface area contributed by atoms with E-state index in [0.29, 0.717) is 36.6 Å². The van der Waals surface area contributed by atoms with Crippen molar-refractivity contribution in [2.24, 2.45) is 0 Å². The molecular formula is C22H27NO4S. The molecule has 1 heterocycles. The summed E-state index contributed by atoms with van der Waals surface area (Å²) in [4.78, 5) is 25.9. The van der Waals surface area contributed by atoms with Crippen molar-refractivity contribution in [3.05, 3.63) is 45.8 Å². The zero-order valence-corrected chi connectivity index (χ0v) is 17.3. The summed E-state index contributed by atoms with van der Waals surface area (Å²) in [6.07, 6.45) is 4.85. The predicted molar refractivity (Wildman–Crippen MR) is 111 cm³/mol. The van der Waals surface area contributed by atoms with Gasteiger partial charge in [0.15, 0.2) is 0 Å². The Bertz CT molecular complexity index is 826. The van der Waals surface area contributed by atoms with Gasteiger partial charge in [0.05, 0.1) is 18.8 Å². The summed E-state index contributed by atoms with van der Waals surface area (Å²) in [5.41, 5.74) is 2.88. The summed E-state index contributed by atoms with van der Waals surface area (Å²) in [5.74, 6) is 0.378. The fourth-order valence-corrected chi connectivity index (χ4v) is 4.64. The van der Waals surface area contributed by atoms with E-state index in [0.717, 1.165) is 37.0 Å². The van der Waals surface area contributed by atoms with Crippen molar-refractivity contribution in [3.63, 3.8) is 0 Å². The molecule has 2 aromatic rings. The number of nitrogens with one attached hydrogen (secondary N) is 1. The summed E-state index contributed by atoms with van der Waals surface area (Å²) < 4.78 is 10.9. The number of esters is 1. The molecule has 0 saturated heterocycles. The molecule has 0 aliphatic heterocycles. The van der Waals surface area contributed by atoms with E-state index in [1.54, 1.807) is 6.92 Å². The van der Waals surface area contributed by atoms with Crippen molar-refractivity contribution in [3.8, 4) is 5.75 Å². The Balaban J connectivity index is 1.51. The zero-order valence-electron chi connectivity index (χ0n) is 16.5. The highest BCUT2D eigenvalue weighted by molar-refractivity contribution is 7.17. The van der Waals surface area contributed by atoms with Crippen LogP contribution in [0, 0.1) is 0 Å². The van der Waals surface area contributed by atoms with Crippen molar-refractivity contribution < 1.29 is 19.1 Å². The van der Waals surface area contributed by atoms with Crippen molar-refractivity contribution >= 4 is 28.2 Å². The molecule has 5 nitrogen and oxygen atoms in total. The molecule has 1 aliphatic rings. The Morgan fingerprint density at radius 1 is 1.14 bits per heavy atom. The average molecular weight is 402 g/mol. The molecule has 0 radical (unpaired) electrons. The molecule has 1 N–H and O–H groups in total. The van der Waals surface area contributed by atoms with Gasteiger partial charge in [-0.25, -0.2) is 4.79 Å². The van der Waals surface area contributed by atoms with Crippen LogP contribution in [0.15, 0.2) is 24.3 Å². The number of benzene rings is 1. The lowest BCUT2D eigenvalue weighted by Gasteiger charge is -2.09. The second kappa shape index (κ2) is 9.73. The average Bonchev–Trinajstić information content (AvgIpc) is 3.26. The summed E-state index contributed by atoms with van der Waals surface area (Å²) in [6, 6.07) is 8.01. The van der Waals surface area contributed by atoms with Crippen LogP contribution in [-0.4, -0.2) is 25.1 Å². The molecule has 0 fully saturated rings. The standard InChI is InChI=1S/C22H27NO4S/c1-3-15-10-12-16(13-11-15)27-14-6-9-19(24)23-21-20(22(25)26-4-2)17-7-5-8-18(17)28-21/h10-13H,3-9,14H2,1-2H3,(H,23,24). The molecule has 6 heteroatoms. The molecule has 0 bridgehead atoms. The maximum absolute atomic E-state index is 12.4. The molecule has 28 heavy (non-hydrogen) atoms. The van der Waals surface area contributed by atoms with Crippen LogP contribution in [0.3, 0.4) is 0 Å². The SMILES string of the molecule is CCOC(=O)c1c(NC(=O)CCCOc2ccc(CC)cc2)sc2c1CCC2. The van der Waals surface area contributed by atoms with E-state index >= 15 is 0 Å². The third-order valence-corrected chi connectivity index (χ3v) is 6.01. The first kappa shape index (κ1) is 20.4. The maximum Gasteiger partial charge on any atom is 0.341 e. The van der Waals surface area contributed by atoms with Gasteiger partial charge in [0.1, 0.15) is 10.8 Å². The van der Waals surface area contributed by atoms with Gasteiger partial charge in [-0.1, -0.05) is 19.1 Å². The van der Waals surface area contributed by atoms with Crippen LogP contribution in [0.2, 0.25) is 0 Å². The van der Waals surface area contributed by atoms with Crippen LogP contribution in [0.4, 0.5) is 5.00 Å². The van der Waals surface area contributed by atoms with Crippen LogP contribution >= 0.6 is 11.3 Å². The number of aryl methyl sites for hydroxylation is 2. The maximum atomic E-state index is 12.4. The molecule has 1 aromatic heterocycles. The van der Waals surface area contributed by atoms with E-state index < -0.39 is 0 Å². The fraction of sp³-hybridized carbons (Fsp3) is 0.455. The zero-order chi connectivity index (χ0) is 19.9. The van der Waals surface area contributed by atoms with Crippen molar-refractivity contribution in [2.45, 2.75) is 52.4 Å². The van der Waals surface area contributed by atoms with Gasteiger partial charge in [0, 0.05) is 11.3 Å². The second-order valence-corrected chi connectivity index (χ2v) is 7.88. The lowest BCUT2D eigenvalue weighted by Crippen LogP contribution is -2.15. The monoisotopic (exact) mass is 401 g/mol. The Labute approximate surface area is 170 Å². The van der Waals surface area contributed by atoms with E-state index in [4.69, 9.17) is 9.47 Å². The fourth-order valence-electron chi connectivity index (χ4n) is 3.34. The Hall–Kier alpha value is -2.34. The lowest BCUT2D eigenvalue weighted by molar-refractivity contribution is -0.116. The van der Waals surface area contributed by atoms with E-state index in [9.17, 15) is 9.59 Å². The van der Waals surface area contributed by atoms with Gasteiger partial charge in [0.2, 0.25) is 5.91 Å². The Morgan fingerprint density at radius 2 is 1.93 bits per heavy atom. The molecule has 1 aliphatic carbocycles. The highest BCUT2D eigenvalue weighted by Crippen LogP contribution is 2.39. The first-order valence-electron chi connectivity index (χ1n) is 9.95. The molecule has 1 amide bonds. The number of carbonyl (C=O) groups is 2. The summed E-state index contributed by atoms with van der Waals surface area (Å²) in [6.45, 7) is 4.71. The molecule has 0 unspecified atom stereocenters. The number of thiophene rings is 1.